The number of benzene rings is 3. The maximum atomic E-state index is 13.9. The average molecular weight is 559 g/mol. The number of aliphatic hydroxyl groups excluding tert-OH is 1. The van der Waals surface area contributed by atoms with Crippen molar-refractivity contribution in [2.24, 2.45) is 4.99 Å². The van der Waals surface area contributed by atoms with Gasteiger partial charge in [-0.05, 0) is 59.7 Å². The molecule has 41 heavy (non-hydrogen) atoms. The van der Waals surface area contributed by atoms with Crippen molar-refractivity contribution >= 4 is 17.5 Å². The summed E-state index contributed by atoms with van der Waals surface area (Å²) in [4.78, 5) is 20.9. The smallest absolute Gasteiger partial charge is 0.266 e. The van der Waals surface area contributed by atoms with Crippen molar-refractivity contribution in [2.75, 3.05) is 39.3 Å². The van der Waals surface area contributed by atoms with Gasteiger partial charge in [-0.3, -0.25) is 10.2 Å². The van der Waals surface area contributed by atoms with Crippen LogP contribution in [0.5, 0.6) is 11.5 Å². The van der Waals surface area contributed by atoms with Gasteiger partial charge in [0.05, 0.1) is 13.7 Å². The second-order valence-corrected chi connectivity index (χ2v) is 9.93. The van der Waals surface area contributed by atoms with E-state index in [1.54, 1.807) is 13.2 Å². The molecule has 3 aromatic carbocycles. The summed E-state index contributed by atoms with van der Waals surface area (Å²) in [5, 5.41) is 9.00. The van der Waals surface area contributed by atoms with Gasteiger partial charge in [-0.15, -0.1) is 6.58 Å². The number of hydrogen-bond donors (Lipinski definition) is 3. The Morgan fingerprint density at radius 2 is 1.88 bits per heavy atom. The molecule has 0 saturated heterocycles. The zero-order valence-corrected chi connectivity index (χ0v) is 23.8. The van der Waals surface area contributed by atoms with Gasteiger partial charge >= 0.3 is 0 Å². The predicted octanol–water partition coefficient (Wildman–Crippen LogP) is 4.18. The van der Waals surface area contributed by atoms with Crippen LogP contribution in [0, 0.1) is 0 Å². The summed E-state index contributed by atoms with van der Waals surface area (Å²) in [7, 11) is 5.58. The Bertz CT molecular complexity index is 1340. The van der Waals surface area contributed by atoms with Crippen molar-refractivity contribution in [3.05, 3.63) is 102 Å². The lowest BCUT2D eigenvalue weighted by Crippen LogP contribution is -2.52. The lowest BCUT2D eigenvalue weighted by atomic mass is 9.84. The number of carbonyl (C=O) groups excluding carboxylic acids is 1. The Labute approximate surface area is 241 Å². The molecule has 1 amide bonds. The molecular formula is C32H38N4O5. The zero-order chi connectivity index (χ0) is 29.2. The van der Waals surface area contributed by atoms with Gasteiger partial charge in [0.25, 0.3) is 5.91 Å². The molecule has 0 aromatic heterocycles. The van der Waals surface area contributed by atoms with E-state index >= 15 is 0 Å². The van der Waals surface area contributed by atoms with E-state index in [1.165, 1.54) is 0 Å². The molecule has 3 aromatic rings. The third-order valence-corrected chi connectivity index (χ3v) is 6.83. The molecule has 0 fully saturated rings. The highest BCUT2D eigenvalue weighted by Crippen LogP contribution is 2.43. The Balaban J connectivity index is 1.60. The fourth-order valence-electron chi connectivity index (χ4n) is 4.59. The predicted molar refractivity (Wildman–Crippen MR) is 160 cm³/mol. The van der Waals surface area contributed by atoms with E-state index in [9.17, 15) is 4.79 Å². The number of aliphatic imine (C=N–C) groups is 1. The fourth-order valence-corrected chi connectivity index (χ4v) is 4.59. The van der Waals surface area contributed by atoms with E-state index in [2.05, 4.69) is 17.4 Å². The Morgan fingerprint density at radius 3 is 2.54 bits per heavy atom. The second-order valence-electron chi connectivity index (χ2n) is 9.93. The number of amides is 1. The highest BCUT2D eigenvalue weighted by atomic mass is 16.5. The summed E-state index contributed by atoms with van der Waals surface area (Å²) in [6, 6.07) is 22.8. The number of rotatable bonds is 14. The van der Waals surface area contributed by atoms with Gasteiger partial charge in [-0.2, -0.15) is 0 Å². The number of methoxy groups -OCH3 is 1. The van der Waals surface area contributed by atoms with E-state index < -0.39 is 11.6 Å². The number of anilines is 1. The van der Waals surface area contributed by atoms with Crippen LogP contribution in [0.2, 0.25) is 0 Å². The molecule has 2 atom stereocenters. The monoisotopic (exact) mass is 558 g/mol. The topological polar surface area (TPSA) is 105 Å². The number of hydrazine groups is 1. The maximum absolute atomic E-state index is 13.9. The molecule has 0 bridgehead atoms. The number of nitrogens with one attached hydrogen (secondary N) is 2. The number of hydrogen-bond acceptors (Lipinski definition) is 8. The van der Waals surface area contributed by atoms with Gasteiger partial charge in [0.2, 0.25) is 5.90 Å². The number of aliphatic hydroxyl groups is 1. The Kier molecular flexibility index (Phi) is 10.00. The van der Waals surface area contributed by atoms with Crippen LogP contribution in [0.1, 0.15) is 35.6 Å². The third-order valence-electron chi connectivity index (χ3n) is 6.83. The van der Waals surface area contributed by atoms with Gasteiger partial charge in [0.1, 0.15) is 11.5 Å². The third kappa shape index (κ3) is 7.06. The molecule has 9 heteroatoms. The van der Waals surface area contributed by atoms with Gasteiger partial charge < -0.3 is 24.2 Å². The quantitative estimate of drug-likeness (QED) is 0.155. The van der Waals surface area contributed by atoms with Crippen molar-refractivity contribution < 1.29 is 24.1 Å². The summed E-state index contributed by atoms with van der Waals surface area (Å²) >= 11 is 0. The van der Waals surface area contributed by atoms with E-state index in [0.717, 1.165) is 16.8 Å². The summed E-state index contributed by atoms with van der Waals surface area (Å²) in [6.45, 7) is 4.84. The maximum Gasteiger partial charge on any atom is 0.266 e. The van der Waals surface area contributed by atoms with E-state index in [1.807, 2.05) is 91.8 Å². The minimum absolute atomic E-state index is 0.0689. The van der Waals surface area contributed by atoms with Gasteiger partial charge in [-0.25, -0.2) is 10.4 Å². The standard InChI is InChI=1S/C32H38N4O5/c1-5-18-32(31(38)35-33-22-23-10-14-26(15-11-23)36(2)3)29(25-8-6-9-28(21-25)39-4)41-30(34-32)24-12-16-27(17-13-24)40-20-7-19-37/h5-6,8-17,21,29,33,37H,1,7,18-20,22H2,2-4H3,(H,35,38)/t29-,32-/m0/s1. The highest BCUT2D eigenvalue weighted by molar-refractivity contribution is 6.01. The molecule has 3 N–H and O–H groups in total. The van der Waals surface area contributed by atoms with Crippen LogP contribution < -0.4 is 25.2 Å². The van der Waals surface area contributed by atoms with E-state index in [0.29, 0.717) is 42.5 Å². The lowest BCUT2D eigenvalue weighted by Gasteiger charge is -2.29. The second kappa shape index (κ2) is 13.8. The van der Waals surface area contributed by atoms with Crippen LogP contribution in [0.3, 0.4) is 0 Å². The first kappa shape index (κ1) is 29.6. The van der Waals surface area contributed by atoms with E-state index in [-0.39, 0.29) is 18.9 Å². The summed E-state index contributed by atoms with van der Waals surface area (Å²) < 4.78 is 17.5. The van der Waals surface area contributed by atoms with Crippen molar-refractivity contribution in [1.82, 2.24) is 10.9 Å². The molecule has 1 aliphatic rings. The van der Waals surface area contributed by atoms with Crippen LogP contribution >= 0.6 is 0 Å². The Hall–Kier alpha value is -4.34. The van der Waals surface area contributed by atoms with Crippen LogP contribution in [-0.4, -0.2) is 56.9 Å². The minimum Gasteiger partial charge on any atom is -0.497 e. The van der Waals surface area contributed by atoms with Crippen LogP contribution in [0.15, 0.2) is 90.4 Å². The molecule has 0 radical (unpaired) electrons. The summed E-state index contributed by atoms with van der Waals surface area (Å²) in [5.74, 6) is 1.32. The molecule has 216 valence electrons. The first-order chi connectivity index (χ1) is 19.9. The van der Waals surface area contributed by atoms with Crippen molar-refractivity contribution in [1.29, 1.82) is 0 Å². The molecule has 0 spiro atoms. The number of ether oxygens (including phenoxy) is 3. The average Bonchev–Trinajstić information content (AvgIpc) is 3.38. The first-order valence-corrected chi connectivity index (χ1v) is 13.5. The summed E-state index contributed by atoms with van der Waals surface area (Å²) in [5.41, 5.74) is 8.19. The summed E-state index contributed by atoms with van der Waals surface area (Å²) in [6.07, 6.45) is 1.74. The lowest BCUT2D eigenvalue weighted by molar-refractivity contribution is -0.129. The number of nitrogens with zero attached hydrogens (tertiary/aromatic N) is 2. The van der Waals surface area contributed by atoms with Gasteiger partial charge in [0, 0.05) is 51.3 Å². The molecule has 1 aliphatic heterocycles. The minimum atomic E-state index is -1.32. The zero-order valence-electron chi connectivity index (χ0n) is 23.8. The van der Waals surface area contributed by atoms with Gasteiger partial charge in [-0.1, -0.05) is 30.3 Å². The first-order valence-electron chi connectivity index (χ1n) is 13.5. The van der Waals surface area contributed by atoms with Crippen LogP contribution in [-0.2, 0) is 16.1 Å². The van der Waals surface area contributed by atoms with E-state index in [4.69, 9.17) is 24.3 Å². The molecule has 0 unspecified atom stereocenters. The Morgan fingerprint density at radius 1 is 1.12 bits per heavy atom. The van der Waals surface area contributed by atoms with Crippen molar-refractivity contribution in [2.45, 2.75) is 31.0 Å². The molecule has 0 saturated carbocycles. The highest BCUT2D eigenvalue weighted by Gasteiger charge is 2.52. The van der Waals surface area contributed by atoms with Crippen molar-refractivity contribution in [3.8, 4) is 11.5 Å². The SMILES string of the molecule is C=CC[C@]1(C(=O)NNCc2ccc(N(C)C)cc2)N=C(c2ccc(OCCCO)cc2)O[C@H]1c1cccc(OC)c1. The molecular weight excluding hydrogens is 520 g/mol. The molecule has 0 aliphatic carbocycles. The molecule has 1 heterocycles. The largest absolute Gasteiger partial charge is 0.497 e. The molecule has 4 rings (SSSR count). The van der Waals surface area contributed by atoms with Gasteiger partial charge in [0.15, 0.2) is 11.6 Å². The molecule has 9 nitrogen and oxygen atoms in total. The van der Waals surface area contributed by atoms with Crippen LogP contribution in [0.4, 0.5) is 5.69 Å². The fraction of sp³-hybridized carbons (Fsp3) is 0.312. The number of carbonyl (C=O) groups is 1. The normalized spacial score (nSPS) is 17.8. The van der Waals surface area contributed by atoms with Crippen LogP contribution in [0.25, 0.3) is 0 Å². The van der Waals surface area contributed by atoms with Crippen molar-refractivity contribution in [3.63, 3.8) is 0 Å².